The fourth-order valence-electron chi connectivity index (χ4n) is 7.94. The molecule has 18 heteroatoms. The largest absolute Gasteiger partial charge is 0.481 e. The van der Waals surface area contributed by atoms with Gasteiger partial charge in [-0.05, 0) is 33.1 Å². The van der Waals surface area contributed by atoms with Crippen LogP contribution in [0.1, 0.15) is 79.1 Å². The molecule has 3 heterocycles. The molecule has 0 aromatic rings. The molecule has 0 unspecified atom stereocenters. The number of carbonyl (C=O) groups is 2. The van der Waals surface area contributed by atoms with E-state index >= 15 is 4.39 Å². The molecule has 0 aliphatic carbocycles. The molecule has 0 radical (unpaired) electrons. The van der Waals surface area contributed by atoms with Crippen LogP contribution in [0.15, 0.2) is 85.1 Å². The number of alkyl halides is 1. The summed E-state index contributed by atoms with van der Waals surface area (Å²) in [5.74, 6) is -6.92. The number of rotatable bonds is 3. The fourth-order valence-corrected chi connectivity index (χ4v) is 7.94. The number of hydrogen-bond donors (Lipinski definition) is 11. The summed E-state index contributed by atoms with van der Waals surface area (Å²) >= 11 is 0. The van der Waals surface area contributed by atoms with Crippen molar-refractivity contribution in [3.8, 4) is 0 Å². The zero-order valence-corrected chi connectivity index (χ0v) is 37.5. The molecule has 2 saturated heterocycles. The minimum atomic E-state index is -2.35. The van der Waals surface area contributed by atoms with Crippen LogP contribution in [0.5, 0.6) is 0 Å². The number of aliphatic carboxylic acids is 1. The molecule has 12 N–H and O–H groups in total. The van der Waals surface area contributed by atoms with Crippen LogP contribution in [0.25, 0.3) is 0 Å². The highest BCUT2D eigenvalue weighted by Crippen LogP contribution is 2.38. The van der Waals surface area contributed by atoms with E-state index in [9.17, 15) is 60.7 Å². The van der Waals surface area contributed by atoms with Crippen molar-refractivity contribution in [2.45, 2.75) is 177 Å². The summed E-state index contributed by atoms with van der Waals surface area (Å²) in [5, 5.41) is 107. The number of fused-ring (bicyclic) bond motifs is 2. The third-order valence-corrected chi connectivity index (χ3v) is 12.0. The average Bonchev–Trinajstić information content (AvgIpc) is 3.21. The maximum absolute atomic E-state index is 15.3. The van der Waals surface area contributed by atoms with Crippen LogP contribution in [0, 0.1) is 17.8 Å². The molecule has 0 amide bonds. The minimum Gasteiger partial charge on any atom is -0.481 e. The number of aliphatic hydroxyl groups excluding tert-OH is 8. The molecule has 3 aliphatic heterocycles. The Kier molecular flexibility index (Phi) is 23.5. The molecular formula is C47H72FNO16. The molecular weight excluding hydrogens is 854 g/mol. The van der Waals surface area contributed by atoms with Gasteiger partial charge >= 0.3 is 11.9 Å². The fraction of sp³-hybridized carbons (Fsp3) is 0.660. The van der Waals surface area contributed by atoms with Gasteiger partial charge in [-0.1, -0.05) is 98.9 Å². The molecule has 3 aliphatic rings. The number of allylic oxidation sites excluding steroid dienone is 12. The van der Waals surface area contributed by atoms with Crippen LogP contribution >= 0.6 is 0 Å². The molecule has 0 aromatic heterocycles. The predicted molar refractivity (Wildman–Crippen MR) is 236 cm³/mol. The van der Waals surface area contributed by atoms with Crippen molar-refractivity contribution in [1.29, 1.82) is 0 Å². The van der Waals surface area contributed by atoms with Crippen molar-refractivity contribution in [2.24, 2.45) is 23.5 Å². The van der Waals surface area contributed by atoms with E-state index in [-0.39, 0.29) is 31.6 Å². The minimum absolute atomic E-state index is 0.115. The first kappa shape index (κ1) is 55.9. The number of hydrogen-bond acceptors (Lipinski definition) is 16. The van der Waals surface area contributed by atoms with Gasteiger partial charge < -0.3 is 75.7 Å². The van der Waals surface area contributed by atoms with Crippen LogP contribution in [0.3, 0.4) is 0 Å². The van der Waals surface area contributed by atoms with Gasteiger partial charge in [0.15, 0.2) is 18.2 Å². The second-order valence-corrected chi connectivity index (χ2v) is 17.5. The van der Waals surface area contributed by atoms with Gasteiger partial charge in [0.1, 0.15) is 12.0 Å². The summed E-state index contributed by atoms with van der Waals surface area (Å²) in [7, 11) is 0. The Balaban J connectivity index is 1.86. The summed E-state index contributed by atoms with van der Waals surface area (Å²) < 4.78 is 38.2. The van der Waals surface area contributed by atoms with Crippen LogP contribution < -0.4 is 5.73 Å². The molecule has 0 aromatic carbocycles. The van der Waals surface area contributed by atoms with Crippen molar-refractivity contribution in [1.82, 2.24) is 0 Å². The predicted octanol–water partition coefficient (Wildman–Crippen LogP) is 1.69. The van der Waals surface area contributed by atoms with Crippen molar-refractivity contribution in [3.05, 3.63) is 85.1 Å². The molecule has 17 nitrogen and oxygen atoms in total. The van der Waals surface area contributed by atoms with Crippen LogP contribution in [-0.4, -0.2) is 161 Å². The number of carboxylic acid groups (broad SMARTS) is 1. The van der Waals surface area contributed by atoms with Crippen LogP contribution in [0.4, 0.5) is 4.39 Å². The van der Waals surface area contributed by atoms with Crippen molar-refractivity contribution in [3.63, 3.8) is 0 Å². The number of halogens is 1. The van der Waals surface area contributed by atoms with E-state index in [4.69, 9.17) is 24.7 Å². The quantitative estimate of drug-likeness (QED) is 0.180. The molecule has 0 spiro atoms. The van der Waals surface area contributed by atoms with Gasteiger partial charge in [-0.25, -0.2) is 4.39 Å². The van der Waals surface area contributed by atoms with Crippen LogP contribution in [-0.2, 0) is 28.5 Å². The highest BCUT2D eigenvalue weighted by Gasteiger charge is 2.51. The Morgan fingerprint density at radius 3 is 1.86 bits per heavy atom. The van der Waals surface area contributed by atoms with Crippen molar-refractivity contribution < 1.29 is 84.0 Å². The van der Waals surface area contributed by atoms with E-state index in [1.54, 1.807) is 80.7 Å². The molecule has 2 fully saturated rings. The standard InChI is InChI=1S/C47H72FNO16/c1-27-17-15-13-11-9-7-5-6-8-10-12-14-16-18-34(64-46-41(48)42(49)44(58)30(4)63-46)24-38-40(45(59)60)37(55)26-47(61,65-38)25-33(52)22-36(54)35(53)20-19-31(50)21-32(51)23-39(56)62-29(3)28(2)43(27)57/h5-18,27-38,40-44,46,50-55,57-58,61H,19-26,49H2,1-4H3,(H,59,60)/b6-5+,9-7+,10-8+,13-11+,14-12+,17-15+,18-16+/t27-,28-,29-,30+,31+,32+,33-,34-,35+,36+,37-,38-,40+,41+,42+,43+,44+,46-,47+/m0/s1. The zero-order chi connectivity index (χ0) is 48.4. The lowest BCUT2D eigenvalue weighted by atomic mass is 9.82. The van der Waals surface area contributed by atoms with Gasteiger partial charge in [-0.15, -0.1) is 0 Å². The van der Waals surface area contributed by atoms with Crippen molar-refractivity contribution >= 4 is 11.9 Å². The van der Waals surface area contributed by atoms with E-state index in [0.29, 0.717) is 0 Å². The molecule has 2 bridgehead atoms. The Morgan fingerprint density at radius 2 is 1.28 bits per heavy atom. The number of carbonyl (C=O) groups excluding carboxylic acids is 1. The third-order valence-electron chi connectivity index (χ3n) is 12.0. The lowest BCUT2D eigenvalue weighted by molar-refractivity contribution is -0.306. The summed E-state index contributed by atoms with van der Waals surface area (Å²) in [6.45, 7) is 6.67. The van der Waals surface area contributed by atoms with E-state index < -0.39 is 147 Å². The molecule has 19 atom stereocenters. The normalized spacial score (nSPS) is 45.5. The molecule has 65 heavy (non-hydrogen) atoms. The average molecular weight is 926 g/mol. The number of nitrogens with two attached hydrogens (primary N) is 1. The summed E-state index contributed by atoms with van der Waals surface area (Å²) in [5.41, 5.74) is 5.89. The van der Waals surface area contributed by atoms with Gasteiger partial charge in [-0.2, -0.15) is 0 Å². The lowest BCUT2D eigenvalue weighted by Crippen LogP contribution is -2.60. The number of aliphatic hydroxyl groups is 9. The first-order chi connectivity index (χ1) is 30.6. The topological polar surface area (TPSA) is 299 Å². The van der Waals surface area contributed by atoms with E-state index in [0.717, 1.165) is 0 Å². The second kappa shape index (κ2) is 27.4. The monoisotopic (exact) mass is 925 g/mol. The van der Waals surface area contributed by atoms with E-state index in [2.05, 4.69) is 0 Å². The molecule has 0 saturated carbocycles. The van der Waals surface area contributed by atoms with E-state index in [1.807, 2.05) is 13.0 Å². The van der Waals surface area contributed by atoms with Gasteiger partial charge in [0.05, 0.1) is 79.6 Å². The van der Waals surface area contributed by atoms with Gasteiger partial charge in [0.25, 0.3) is 0 Å². The first-order valence-corrected chi connectivity index (χ1v) is 22.3. The van der Waals surface area contributed by atoms with Gasteiger partial charge in [0, 0.05) is 37.5 Å². The summed E-state index contributed by atoms with van der Waals surface area (Å²) in [6.07, 6.45) is 1.93. The number of carboxylic acids is 1. The molecule has 368 valence electrons. The highest BCUT2D eigenvalue weighted by molar-refractivity contribution is 5.71. The van der Waals surface area contributed by atoms with Gasteiger partial charge in [0.2, 0.25) is 0 Å². The smallest absolute Gasteiger partial charge is 0.311 e. The maximum Gasteiger partial charge on any atom is 0.311 e. The number of ether oxygens (including phenoxy) is 4. The number of esters is 1. The first-order valence-electron chi connectivity index (χ1n) is 22.3. The third kappa shape index (κ3) is 18.6. The van der Waals surface area contributed by atoms with E-state index in [1.165, 1.54) is 19.1 Å². The lowest BCUT2D eigenvalue weighted by Gasteiger charge is -2.45. The Labute approximate surface area is 380 Å². The van der Waals surface area contributed by atoms with Gasteiger partial charge in [-0.3, -0.25) is 9.59 Å². The number of cyclic esters (lactones) is 1. The summed E-state index contributed by atoms with van der Waals surface area (Å²) in [4.78, 5) is 25.1. The highest BCUT2D eigenvalue weighted by atomic mass is 19.1. The zero-order valence-electron chi connectivity index (χ0n) is 37.5. The second-order valence-electron chi connectivity index (χ2n) is 17.5. The van der Waals surface area contributed by atoms with Crippen molar-refractivity contribution in [2.75, 3.05) is 0 Å². The Bertz CT molecular complexity index is 1670. The Morgan fingerprint density at radius 1 is 0.708 bits per heavy atom. The SMILES string of the molecule is C[C@@H]1[C@H](O)[C@@H](C)/C=C/C=C/C=C/C=C/C=C/C=C/C=C/[C@H](O[C@@H]2O[C@H](C)[C@@H](O)[C@H](N)[C@H]2F)C[C@@H]2O[C@](O)(C[C@@H](O)C[C@@H](O)[C@H](O)CC[C@@H](O)C[C@@H](O)CC(=O)O[C@H]1C)C[C@H](O)[C@H]2C(=O)O. The molecule has 3 rings (SSSR count). The summed E-state index contributed by atoms with van der Waals surface area (Å²) in [6, 6.07) is -1.37. The Hall–Kier alpha value is -3.47. The maximum atomic E-state index is 15.3. The van der Waals surface area contributed by atoms with Crippen LogP contribution in [0.2, 0.25) is 0 Å².